The van der Waals surface area contributed by atoms with E-state index in [0.717, 1.165) is 39.0 Å². The standard InChI is InChI=1S/C53H55N4O.Pt/c1-50(2,3)38-28-39(51(4,5)6)30-41(29-38)56-27-26-55(35-56)40-20-17-21-42(32-40)58-43-33-45(52(7,8)9)49-44-22-15-16-23-46(44)57(47(49)34-43)48-31-37(24-25-54-48)53(10,11)36-18-13-12-14-19-36;/h12-31,33,35H,1-11H3;/q-3;. The van der Waals surface area contributed by atoms with Crippen LogP contribution in [0.4, 0.5) is 11.4 Å². The van der Waals surface area contributed by atoms with Gasteiger partial charge in [0.25, 0.3) is 0 Å². The summed E-state index contributed by atoms with van der Waals surface area (Å²) in [6.07, 6.45) is 6.11. The van der Waals surface area contributed by atoms with E-state index in [4.69, 9.17) is 9.72 Å². The van der Waals surface area contributed by atoms with Crippen LogP contribution in [0.25, 0.3) is 27.6 Å². The van der Waals surface area contributed by atoms with Gasteiger partial charge in [0.1, 0.15) is 5.82 Å². The summed E-state index contributed by atoms with van der Waals surface area (Å²) in [7, 11) is 0. The molecule has 0 atom stereocenters. The predicted octanol–water partition coefficient (Wildman–Crippen LogP) is 13.7. The number of para-hydroxylation sites is 1. The molecule has 5 nitrogen and oxygen atoms in total. The molecule has 8 rings (SSSR count). The second kappa shape index (κ2) is 15.5. The van der Waals surface area contributed by atoms with Crippen molar-refractivity contribution in [1.29, 1.82) is 0 Å². The van der Waals surface area contributed by atoms with Crippen molar-refractivity contribution in [3.63, 3.8) is 0 Å². The summed E-state index contributed by atoms with van der Waals surface area (Å²) < 4.78 is 8.99. The molecule has 306 valence electrons. The van der Waals surface area contributed by atoms with Gasteiger partial charge in [0, 0.05) is 55.4 Å². The Morgan fingerprint density at radius 3 is 1.92 bits per heavy atom. The monoisotopic (exact) mass is 958 g/mol. The first-order chi connectivity index (χ1) is 27.4. The average Bonchev–Trinajstić information content (AvgIpc) is 3.81. The van der Waals surface area contributed by atoms with Crippen LogP contribution in [0.2, 0.25) is 0 Å². The zero-order chi connectivity index (χ0) is 41.2. The molecule has 0 saturated carbocycles. The average molecular weight is 959 g/mol. The fraction of sp³-hybridized carbons (Fsp3) is 0.283. The number of rotatable bonds is 7. The third-order valence-corrected chi connectivity index (χ3v) is 11.5. The van der Waals surface area contributed by atoms with Crippen LogP contribution in [0.15, 0.2) is 128 Å². The van der Waals surface area contributed by atoms with Gasteiger partial charge in [-0.25, -0.2) is 4.98 Å². The molecule has 0 bridgehead atoms. The van der Waals surface area contributed by atoms with Crippen molar-refractivity contribution in [2.75, 3.05) is 9.80 Å². The van der Waals surface area contributed by atoms with E-state index in [-0.39, 0.29) is 42.7 Å². The zero-order valence-electron chi connectivity index (χ0n) is 36.2. The molecule has 0 saturated heterocycles. The fourth-order valence-electron chi connectivity index (χ4n) is 7.86. The van der Waals surface area contributed by atoms with Crippen molar-refractivity contribution in [3.8, 4) is 17.3 Å². The van der Waals surface area contributed by atoms with E-state index in [1.165, 1.54) is 27.8 Å². The Morgan fingerprint density at radius 1 is 0.576 bits per heavy atom. The van der Waals surface area contributed by atoms with Gasteiger partial charge in [-0.05, 0) is 86.6 Å². The van der Waals surface area contributed by atoms with Crippen LogP contribution in [0.5, 0.6) is 11.5 Å². The van der Waals surface area contributed by atoms with Crippen LogP contribution >= 0.6 is 0 Å². The van der Waals surface area contributed by atoms with E-state index in [2.05, 4.69) is 219 Å². The van der Waals surface area contributed by atoms with Gasteiger partial charge < -0.3 is 19.1 Å². The molecule has 0 N–H and O–H groups in total. The van der Waals surface area contributed by atoms with Gasteiger partial charge in [0.2, 0.25) is 0 Å². The van der Waals surface area contributed by atoms with E-state index < -0.39 is 0 Å². The van der Waals surface area contributed by atoms with Gasteiger partial charge in [-0.2, -0.15) is 6.07 Å². The van der Waals surface area contributed by atoms with Crippen molar-refractivity contribution >= 4 is 33.2 Å². The van der Waals surface area contributed by atoms with Crippen LogP contribution in [0.3, 0.4) is 0 Å². The number of fused-ring (bicyclic) bond motifs is 3. The molecule has 0 amide bonds. The Balaban J connectivity index is 0.00000528. The quantitative estimate of drug-likeness (QED) is 0.149. The third-order valence-electron chi connectivity index (χ3n) is 11.5. The molecule has 0 spiro atoms. The van der Waals surface area contributed by atoms with Gasteiger partial charge in [0.05, 0.1) is 0 Å². The third kappa shape index (κ3) is 8.24. The van der Waals surface area contributed by atoms with E-state index in [1.807, 2.05) is 18.3 Å². The summed E-state index contributed by atoms with van der Waals surface area (Å²) in [5.41, 5.74) is 9.93. The molecule has 6 heteroatoms. The minimum absolute atomic E-state index is 0. The summed E-state index contributed by atoms with van der Waals surface area (Å²) in [5.74, 6) is 2.09. The molecule has 7 aromatic rings. The summed E-state index contributed by atoms with van der Waals surface area (Å²) in [4.78, 5) is 9.27. The second-order valence-corrected chi connectivity index (χ2v) is 19.3. The van der Waals surface area contributed by atoms with Crippen molar-refractivity contribution < 1.29 is 25.8 Å². The van der Waals surface area contributed by atoms with E-state index >= 15 is 0 Å². The van der Waals surface area contributed by atoms with Gasteiger partial charge in [0.15, 0.2) is 0 Å². The molecule has 3 heterocycles. The van der Waals surface area contributed by atoms with Crippen molar-refractivity contribution in [1.82, 2.24) is 9.55 Å². The Morgan fingerprint density at radius 2 is 1.24 bits per heavy atom. The van der Waals surface area contributed by atoms with Crippen molar-refractivity contribution in [2.24, 2.45) is 0 Å². The number of nitrogens with zero attached hydrogens (tertiary/aromatic N) is 4. The molecule has 0 radical (unpaired) electrons. The molecule has 0 fully saturated rings. The van der Waals surface area contributed by atoms with Crippen LogP contribution in [-0.4, -0.2) is 9.55 Å². The number of benzene rings is 5. The minimum atomic E-state index is -0.224. The summed E-state index contributed by atoms with van der Waals surface area (Å²) >= 11 is 0. The summed E-state index contributed by atoms with van der Waals surface area (Å²) in [6, 6.07) is 46.1. The first-order valence-electron chi connectivity index (χ1n) is 20.4. The number of aromatic nitrogens is 2. The number of ether oxygens (including phenoxy) is 1. The molecule has 2 aromatic heterocycles. The topological polar surface area (TPSA) is 33.5 Å². The molecule has 5 aromatic carbocycles. The van der Waals surface area contributed by atoms with Crippen molar-refractivity contribution in [2.45, 2.75) is 97.8 Å². The smallest absolute Gasteiger partial charge is 0.135 e. The molecule has 59 heavy (non-hydrogen) atoms. The number of pyridine rings is 1. The molecule has 1 aliphatic rings. The maximum absolute atomic E-state index is 6.74. The van der Waals surface area contributed by atoms with E-state index in [9.17, 15) is 0 Å². The predicted molar refractivity (Wildman–Crippen MR) is 242 cm³/mol. The Hall–Kier alpha value is -5.12. The van der Waals surface area contributed by atoms with E-state index in [1.54, 1.807) is 0 Å². The van der Waals surface area contributed by atoms with Gasteiger partial charge in [-0.3, -0.25) is 0 Å². The molecule has 0 unspecified atom stereocenters. The summed E-state index contributed by atoms with van der Waals surface area (Å²) in [6.45, 7) is 27.1. The summed E-state index contributed by atoms with van der Waals surface area (Å²) in [5, 5.41) is 2.32. The van der Waals surface area contributed by atoms with Gasteiger partial charge in [-0.1, -0.05) is 142 Å². The maximum Gasteiger partial charge on any atom is 0.135 e. The number of hydrogen-bond donors (Lipinski definition) is 0. The molecule has 1 aliphatic heterocycles. The second-order valence-electron chi connectivity index (χ2n) is 19.3. The Kier molecular flexibility index (Phi) is 11.0. The SMILES string of the molecule is CC(C)(C)c1cc(N2C=CN(c3[c-]c(Oc4[c-]c5c(c(C(C)(C)C)c4)c4ccccc4n5-c4cc(C(C)(C)c5ccccc5)ccn4)ccc3)[CH-]2)cc(C(C)(C)C)c1.[Pt]. The molecular formula is C53H55N4OPt-3. The Labute approximate surface area is 366 Å². The normalized spacial score (nSPS) is 13.7. The Bertz CT molecular complexity index is 2640. The maximum atomic E-state index is 6.74. The van der Waals surface area contributed by atoms with Crippen LogP contribution < -0.4 is 14.5 Å². The first kappa shape index (κ1) is 42.0. The molecular weight excluding hydrogens is 904 g/mol. The van der Waals surface area contributed by atoms with Crippen LogP contribution in [-0.2, 0) is 42.7 Å². The van der Waals surface area contributed by atoms with Crippen LogP contribution in [0.1, 0.15) is 104 Å². The zero-order valence-corrected chi connectivity index (χ0v) is 38.5. The van der Waals surface area contributed by atoms with Crippen molar-refractivity contribution in [3.05, 3.63) is 174 Å². The first-order valence-corrected chi connectivity index (χ1v) is 20.4. The number of hydrogen-bond acceptors (Lipinski definition) is 4. The minimum Gasteiger partial charge on any atom is -0.509 e. The van der Waals surface area contributed by atoms with Crippen LogP contribution in [0, 0.1) is 18.8 Å². The largest absolute Gasteiger partial charge is 0.509 e. The number of anilines is 2. The van der Waals surface area contributed by atoms with Gasteiger partial charge >= 0.3 is 0 Å². The molecule has 0 aliphatic carbocycles. The fourth-order valence-corrected chi connectivity index (χ4v) is 7.86. The van der Waals surface area contributed by atoms with Gasteiger partial charge in [-0.15, -0.1) is 48.3 Å². The van der Waals surface area contributed by atoms with E-state index in [0.29, 0.717) is 11.5 Å².